The highest BCUT2D eigenvalue weighted by Gasteiger charge is 2.22. The Morgan fingerprint density at radius 3 is 2.54 bits per heavy atom. The van der Waals surface area contributed by atoms with E-state index in [2.05, 4.69) is 5.32 Å². The molecule has 1 aromatic heterocycles. The van der Waals surface area contributed by atoms with Crippen molar-refractivity contribution in [3.63, 3.8) is 0 Å². The summed E-state index contributed by atoms with van der Waals surface area (Å²) in [6, 6.07) is 8.29. The van der Waals surface area contributed by atoms with Gasteiger partial charge in [-0.2, -0.15) is 0 Å². The summed E-state index contributed by atoms with van der Waals surface area (Å²) >= 11 is 0. The lowest BCUT2D eigenvalue weighted by Gasteiger charge is -2.08. The van der Waals surface area contributed by atoms with Gasteiger partial charge < -0.3 is 16.2 Å². The van der Waals surface area contributed by atoms with E-state index in [9.17, 15) is 22.7 Å². The number of phenols is 1. The van der Waals surface area contributed by atoms with E-state index in [1.165, 1.54) is 31.3 Å². The monoisotopic (exact) mass is 405 g/mol. The van der Waals surface area contributed by atoms with Crippen LogP contribution in [0.15, 0.2) is 47.5 Å². The van der Waals surface area contributed by atoms with Crippen molar-refractivity contribution in [2.75, 3.05) is 6.54 Å². The molecule has 4 N–H and O–H groups in total. The van der Waals surface area contributed by atoms with Gasteiger partial charge in [0.05, 0.1) is 10.4 Å². The molecule has 0 radical (unpaired) electrons. The fourth-order valence-electron chi connectivity index (χ4n) is 2.95. The summed E-state index contributed by atoms with van der Waals surface area (Å²) in [6.07, 6.45) is 1.70. The van der Waals surface area contributed by atoms with Crippen LogP contribution in [-0.2, 0) is 27.8 Å². The fourth-order valence-corrected chi connectivity index (χ4v) is 4.34. The van der Waals surface area contributed by atoms with E-state index in [4.69, 9.17) is 5.73 Å². The SMILES string of the molecule is CC(=O)NCCc1cn(S(=O)(=O)c2ccc(CN)cc2)c2cc(F)c(O)cc12. The molecular formula is C19H20FN3O4S. The predicted molar refractivity (Wildman–Crippen MR) is 103 cm³/mol. The molecule has 0 saturated heterocycles. The molecule has 0 fully saturated rings. The molecule has 1 heterocycles. The minimum absolute atomic E-state index is 0.0310. The number of carbonyl (C=O) groups is 1. The van der Waals surface area contributed by atoms with E-state index >= 15 is 0 Å². The van der Waals surface area contributed by atoms with E-state index < -0.39 is 21.6 Å². The number of nitrogens with one attached hydrogen (secondary N) is 1. The molecule has 1 amide bonds. The highest BCUT2D eigenvalue weighted by molar-refractivity contribution is 7.90. The normalized spacial score (nSPS) is 11.7. The molecule has 0 saturated carbocycles. The Labute approximate surface area is 161 Å². The zero-order valence-corrected chi connectivity index (χ0v) is 16.0. The van der Waals surface area contributed by atoms with Crippen molar-refractivity contribution < 1.29 is 22.7 Å². The number of hydrogen-bond donors (Lipinski definition) is 3. The van der Waals surface area contributed by atoms with Gasteiger partial charge in [0.1, 0.15) is 0 Å². The van der Waals surface area contributed by atoms with E-state index in [1.54, 1.807) is 12.1 Å². The van der Waals surface area contributed by atoms with Gasteiger partial charge in [0.25, 0.3) is 10.0 Å². The van der Waals surface area contributed by atoms with Crippen LogP contribution in [0.25, 0.3) is 10.9 Å². The maximum absolute atomic E-state index is 14.0. The average Bonchev–Trinajstić information content (AvgIpc) is 3.00. The number of halogens is 1. The molecule has 3 aromatic rings. The summed E-state index contributed by atoms with van der Waals surface area (Å²) in [7, 11) is -4.00. The minimum atomic E-state index is -4.00. The molecule has 0 spiro atoms. The number of aromatic hydroxyl groups is 1. The molecule has 28 heavy (non-hydrogen) atoms. The van der Waals surface area contributed by atoms with Gasteiger partial charge in [-0.15, -0.1) is 0 Å². The van der Waals surface area contributed by atoms with Gasteiger partial charge in [0.2, 0.25) is 5.91 Å². The number of benzene rings is 2. The average molecular weight is 405 g/mol. The molecule has 0 bridgehead atoms. The first-order chi connectivity index (χ1) is 13.2. The topological polar surface area (TPSA) is 114 Å². The summed E-state index contributed by atoms with van der Waals surface area (Å²) in [6.45, 7) is 1.93. The second-order valence-electron chi connectivity index (χ2n) is 6.36. The second kappa shape index (κ2) is 7.61. The number of aromatic nitrogens is 1. The van der Waals surface area contributed by atoms with Crippen LogP contribution < -0.4 is 11.1 Å². The highest BCUT2D eigenvalue weighted by atomic mass is 32.2. The maximum Gasteiger partial charge on any atom is 0.268 e. The Morgan fingerprint density at radius 1 is 1.25 bits per heavy atom. The quantitative estimate of drug-likeness (QED) is 0.579. The number of hydrogen-bond acceptors (Lipinski definition) is 5. The Hall–Kier alpha value is -2.91. The summed E-state index contributed by atoms with van der Waals surface area (Å²) in [5.74, 6) is -1.71. The lowest BCUT2D eigenvalue weighted by atomic mass is 10.1. The van der Waals surface area contributed by atoms with Crippen LogP contribution >= 0.6 is 0 Å². The summed E-state index contributed by atoms with van der Waals surface area (Å²) in [4.78, 5) is 11.1. The van der Waals surface area contributed by atoms with Crippen molar-refractivity contribution in [3.8, 4) is 5.75 Å². The third-order valence-corrected chi connectivity index (χ3v) is 6.09. The smallest absolute Gasteiger partial charge is 0.268 e. The molecule has 2 aromatic carbocycles. The molecule has 0 atom stereocenters. The Kier molecular flexibility index (Phi) is 5.39. The van der Waals surface area contributed by atoms with Crippen LogP contribution in [-0.4, -0.2) is 29.9 Å². The molecule has 0 unspecified atom stereocenters. The Morgan fingerprint density at radius 2 is 1.93 bits per heavy atom. The van der Waals surface area contributed by atoms with E-state index in [1.807, 2.05) is 0 Å². The van der Waals surface area contributed by atoms with Crippen molar-refractivity contribution >= 4 is 26.8 Å². The third kappa shape index (κ3) is 3.71. The molecule has 9 heteroatoms. The maximum atomic E-state index is 14.0. The zero-order valence-electron chi connectivity index (χ0n) is 15.1. The highest BCUT2D eigenvalue weighted by Crippen LogP contribution is 2.31. The number of rotatable bonds is 6. The second-order valence-corrected chi connectivity index (χ2v) is 8.17. The number of fused-ring (bicyclic) bond motifs is 1. The largest absolute Gasteiger partial charge is 0.505 e. The van der Waals surface area contributed by atoms with Crippen LogP contribution in [0.2, 0.25) is 0 Å². The first-order valence-electron chi connectivity index (χ1n) is 8.55. The van der Waals surface area contributed by atoms with E-state index in [0.29, 0.717) is 17.4 Å². The van der Waals surface area contributed by atoms with Gasteiger partial charge in [-0.1, -0.05) is 12.1 Å². The van der Waals surface area contributed by atoms with Crippen LogP contribution in [0.1, 0.15) is 18.1 Å². The van der Waals surface area contributed by atoms with Crippen LogP contribution in [0.4, 0.5) is 4.39 Å². The van der Waals surface area contributed by atoms with Crippen LogP contribution in [0.3, 0.4) is 0 Å². The van der Waals surface area contributed by atoms with Gasteiger partial charge in [-0.05, 0) is 35.7 Å². The summed E-state index contributed by atoms with van der Waals surface area (Å²) in [5.41, 5.74) is 6.99. The first-order valence-corrected chi connectivity index (χ1v) is 9.99. The summed E-state index contributed by atoms with van der Waals surface area (Å²) < 4.78 is 41.2. The molecule has 0 aliphatic rings. The number of amides is 1. The van der Waals surface area contributed by atoms with Crippen LogP contribution in [0, 0.1) is 5.82 Å². The van der Waals surface area contributed by atoms with Crippen molar-refractivity contribution in [2.24, 2.45) is 5.73 Å². The number of nitrogens with zero attached hydrogens (tertiary/aromatic N) is 1. The molecule has 7 nitrogen and oxygen atoms in total. The summed E-state index contributed by atoms with van der Waals surface area (Å²) in [5, 5.41) is 12.8. The van der Waals surface area contributed by atoms with Crippen molar-refractivity contribution in [2.45, 2.75) is 24.8 Å². The number of nitrogens with two attached hydrogens (primary N) is 1. The van der Waals surface area contributed by atoms with Gasteiger partial charge in [-0.3, -0.25) is 4.79 Å². The van der Waals surface area contributed by atoms with Gasteiger partial charge in [0, 0.05) is 37.7 Å². The van der Waals surface area contributed by atoms with Gasteiger partial charge in [0.15, 0.2) is 11.6 Å². The molecule has 0 aliphatic heterocycles. The van der Waals surface area contributed by atoms with Crippen molar-refractivity contribution in [1.82, 2.24) is 9.29 Å². The molecular weight excluding hydrogens is 385 g/mol. The third-order valence-electron chi connectivity index (χ3n) is 4.41. The van der Waals surface area contributed by atoms with E-state index in [-0.39, 0.29) is 29.4 Å². The predicted octanol–water partition coefficient (Wildman–Crippen LogP) is 1.86. The number of phenolic OH excluding ortho intramolecular Hbond substituents is 1. The van der Waals surface area contributed by atoms with Crippen LogP contribution in [0.5, 0.6) is 5.75 Å². The molecule has 148 valence electrons. The fraction of sp³-hybridized carbons (Fsp3) is 0.211. The van der Waals surface area contributed by atoms with Crippen molar-refractivity contribution in [3.05, 3.63) is 59.5 Å². The minimum Gasteiger partial charge on any atom is -0.505 e. The molecule has 0 aliphatic carbocycles. The van der Waals surface area contributed by atoms with E-state index in [0.717, 1.165) is 15.6 Å². The van der Waals surface area contributed by atoms with Gasteiger partial charge >= 0.3 is 0 Å². The van der Waals surface area contributed by atoms with Gasteiger partial charge in [-0.25, -0.2) is 16.8 Å². The Balaban J connectivity index is 2.13. The molecule has 3 rings (SSSR count). The number of carbonyl (C=O) groups excluding carboxylic acids is 1. The zero-order chi connectivity index (χ0) is 20.5. The lowest BCUT2D eigenvalue weighted by Crippen LogP contribution is -2.22. The first kappa shape index (κ1) is 19.8. The van der Waals surface area contributed by atoms with Crippen molar-refractivity contribution in [1.29, 1.82) is 0 Å². The Bertz CT molecular complexity index is 1140. The lowest BCUT2D eigenvalue weighted by molar-refractivity contribution is -0.118. The standard InChI is InChI=1S/C19H20FN3O4S/c1-12(24)22-7-6-14-11-23(18-9-17(20)19(25)8-16(14)18)28(26,27)15-4-2-13(10-21)3-5-15/h2-5,8-9,11,25H,6-7,10,21H2,1H3,(H,22,24).